The molecule has 0 heterocycles. The molecule has 0 saturated heterocycles. The molecule has 1 N–H and O–H groups in total. The fourth-order valence-corrected chi connectivity index (χ4v) is 2.74. The molecule has 0 amide bonds. The Morgan fingerprint density at radius 2 is 1.79 bits per heavy atom. The molecule has 2 aromatic rings. The summed E-state index contributed by atoms with van der Waals surface area (Å²) in [5.74, 6) is -0.503. The first-order chi connectivity index (χ1) is 8.90. The lowest BCUT2D eigenvalue weighted by atomic mass is 9.99. The van der Waals surface area contributed by atoms with Crippen LogP contribution in [-0.2, 0) is 0 Å². The van der Waals surface area contributed by atoms with Gasteiger partial charge in [0.05, 0.1) is 5.02 Å². The maximum Gasteiger partial charge on any atom is 0.130 e. The number of halogens is 4. The van der Waals surface area contributed by atoms with E-state index in [0.29, 0.717) is 15.1 Å². The summed E-state index contributed by atoms with van der Waals surface area (Å²) in [6, 6.07) is 8.23. The van der Waals surface area contributed by atoms with Gasteiger partial charge in [-0.3, -0.25) is 0 Å². The van der Waals surface area contributed by atoms with Crippen LogP contribution < -0.4 is 0 Å². The quantitative estimate of drug-likeness (QED) is 0.660. The molecule has 1 unspecified atom stereocenters. The molecule has 1 atom stereocenters. The summed E-state index contributed by atoms with van der Waals surface area (Å²) in [6.07, 6.45) is -1.07. The molecule has 0 aliphatic rings. The van der Waals surface area contributed by atoms with Crippen LogP contribution in [0.25, 0.3) is 0 Å². The second-order valence-corrected chi connectivity index (χ2v) is 6.33. The maximum atomic E-state index is 13.9. The summed E-state index contributed by atoms with van der Waals surface area (Å²) in [6.45, 7) is 1.91. The largest absolute Gasteiger partial charge is 0.384 e. The van der Waals surface area contributed by atoms with Gasteiger partial charge in [-0.2, -0.15) is 0 Å². The van der Waals surface area contributed by atoms with Gasteiger partial charge in [-0.05, 0) is 46.6 Å². The summed E-state index contributed by atoms with van der Waals surface area (Å²) in [7, 11) is 0. The zero-order valence-corrected chi connectivity index (χ0v) is 13.9. The van der Waals surface area contributed by atoms with Crippen LogP contribution in [0.15, 0.2) is 39.3 Å². The van der Waals surface area contributed by atoms with Crippen molar-refractivity contribution in [1.82, 2.24) is 0 Å². The number of hydrogen-bond acceptors (Lipinski definition) is 1. The first-order valence-electron chi connectivity index (χ1n) is 5.48. The average Bonchev–Trinajstić information content (AvgIpc) is 2.36. The summed E-state index contributed by atoms with van der Waals surface area (Å²) in [5, 5.41) is 10.7. The van der Waals surface area contributed by atoms with E-state index in [0.717, 1.165) is 10.0 Å². The zero-order valence-electron chi connectivity index (χ0n) is 9.92. The second kappa shape index (κ2) is 5.92. The van der Waals surface area contributed by atoms with Crippen LogP contribution >= 0.6 is 43.5 Å². The lowest BCUT2D eigenvalue weighted by molar-refractivity contribution is 0.214. The van der Waals surface area contributed by atoms with Crippen LogP contribution in [-0.4, -0.2) is 5.11 Å². The lowest BCUT2D eigenvalue weighted by Crippen LogP contribution is -2.04. The molecule has 0 saturated carbocycles. The van der Waals surface area contributed by atoms with E-state index in [4.69, 9.17) is 11.6 Å². The van der Waals surface area contributed by atoms with Gasteiger partial charge in [0.2, 0.25) is 0 Å². The SMILES string of the molecule is Cc1ccc(Br)c(C(O)c2cc(Cl)c(Br)cc2F)c1. The van der Waals surface area contributed by atoms with Crippen molar-refractivity contribution in [2.45, 2.75) is 13.0 Å². The first kappa shape index (κ1) is 15.0. The predicted molar refractivity (Wildman–Crippen MR) is 82.1 cm³/mol. The fourth-order valence-electron chi connectivity index (χ4n) is 1.79. The van der Waals surface area contributed by atoms with Gasteiger partial charge in [0.15, 0.2) is 0 Å². The Kier molecular flexibility index (Phi) is 4.66. The summed E-state index contributed by atoms with van der Waals surface area (Å²) in [5.41, 5.74) is 1.75. The summed E-state index contributed by atoms with van der Waals surface area (Å²) >= 11 is 12.5. The van der Waals surface area contributed by atoms with Gasteiger partial charge in [0.25, 0.3) is 0 Å². The number of benzene rings is 2. The zero-order chi connectivity index (χ0) is 14.2. The monoisotopic (exact) mass is 406 g/mol. The summed E-state index contributed by atoms with van der Waals surface area (Å²) < 4.78 is 15.1. The van der Waals surface area contributed by atoms with Crippen molar-refractivity contribution in [2.24, 2.45) is 0 Å². The van der Waals surface area contributed by atoms with Crippen molar-refractivity contribution in [3.8, 4) is 0 Å². The third kappa shape index (κ3) is 3.19. The van der Waals surface area contributed by atoms with Crippen LogP contribution in [0.5, 0.6) is 0 Å². The predicted octanol–water partition coefficient (Wildman–Crippen LogP) is 5.39. The molecule has 0 aliphatic heterocycles. The Bertz CT molecular complexity index is 631. The van der Waals surface area contributed by atoms with Gasteiger partial charge in [0, 0.05) is 14.5 Å². The molecule has 2 rings (SSSR count). The molecule has 1 nitrogen and oxygen atoms in total. The molecule has 0 radical (unpaired) electrons. The topological polar surface area (TPSA) is 20.2 Å². The Labute approximate surface area is 132 Å². The molecule has 0 aromatic heterocycles. The number of aryl methyl sites for hydroxylation is 1. The van der Waals surface area contributed by atoms with Crippen molar-refractivity contribution >= 4 is 43.5 Å². The molecule has 19 heavy (non-hydrogen) atoms. The van der Waals surface area contributed by atoms with Crippen LogP contribution in [0.1, 0.15) is 22.8 Å². The number of hydrogen-bond donors (Lipinski definition) is 1. The normalized spacial score (nSPS) is 12.5. The van der Waals surface area contributed by atoms with Crippen LogP contribution in [0.3, 0.4) is 0 Å². The third-order valence-electron chi connectivity index (χ3n) is 2.78. The molecule has 0 fully saturated rings. The Hall–Kier alpha value is -0.420. The standard InChI is InChI=1S/C14H10Br2ClFO/c1-7-2-3-10(15)8(4-7)14(19)9-5-12(17)11(16)6-13(9)18/h2-6,14,19H,1H3. The van der Waals surface area contributed by atoms with E-state index in [2.05, 4.69) is 31.9 Å². The van der Waals surface area contributed by atoms with E-state index >= 15 is 0 Å². The molecular formula is C14H10Br2ClFO. The van der Waals surface area contributed by atoms with Crippen LogP contribution in [0.4, 0.5) is 4.39 Å². The average molecular weight is 408 g/mol. The minimum Gasteiger partial charge on any atom is -0.384 e. The maximum absolute atomic E-state index is 13.9. The Morgan fingerprint density at radius 3 is 2.47 bits per heavy atom. The third-order valence-corrected chi connectivity index (χ3v) is 4.70. The highest BCUT2D eigenvalue weighted by Gasteiger charge is 2.19. The number of aliphatic hydroxyl groups is 1. The van der Waals surface area contributed by atoms with Gasteiger partial charge in [-0.25, -0.2) is 4.39 Å². The smallest absolute Gasteiger partial charge is 0.130 e. The first-order valence-corrected chi connectivity index (χ1v) is 7.45. The Balaban J connectivity index is 2.52. The molecule has 0 spiro atoms. The van der Waals surface area contributed by atoms with E-state index in [9.17, 15) is 9.50 Å². The van der Waals surface area contributed by atoms with E-state index in [1.807, 2.05) is 25.1 Å². The molecule has 2 aromatic carbocycles. The van der Waals surface area contributed by atoms with E-state index in [1.54, 1.807) is 0 Å². The van der Waals surface area contributed by atoms with Gasteiger partial charge in [0.1, 0.15) is 11.9 Å². The van der Waals surface area contributed by atoms with Crippen molar-refractivity contribution in [2.75, 3.05) is 0 Å². The van der Waals surface area contributed by atoms with Crippen molar-refractivity contribution in [1.29, 1.82) is 0 Å². The van der Waals surface area contributed by atoms with E-state index in [1.165, 1.54) is 12.1 Å². The molecule has 0 bridgehead atoms. The minimum atomic E-state index is -1.07. The molecule has 0 aliphatic carbocycles. The van der Waals surface area contributed by atoms with Crippen molar-refractivity contribution in [3.05, 3.63) is 66.8 Å². The molecule has 5 heteroatoms. The minimum absolute atomic E-state index is 0.152. The fraction of sp³-hybridized carbons (Fsp3) is 0.143. The summed E-state index contributed by atoms with van der Waals surface area (Å²) in [4.78, 5) is 0. The highest BCUT2D eigenvalue weighted by atomic mass is 79.9. The molecule has 100 valence electrons. The van der Waals surface area contributed by atoms with Crippen molar-refractivity contribution < 1.29 is 9.50 Å². The van der Waals surface area contributed by atoms with Gasteiger partial charge >= 0.3 is 0 Å². The van der Waals surface area contributed by atoms with Crippen LogP contribution in [0.2, 0.25) is 5.02 Å². The van der Waals surface area contributed by atoms with Crippen LogP contribution in [0, 0.1) is 12.7 Å². The second-order valence-electron chi connectivity index (χ2n) is 4.22. The van der Waals surface area contributed by atoms with E-state index in [-0.39, 0.29) is 5.56 Å². The molecular weight excluding hydrogens is 398 g/mol. The number of aliphatic hydroxyl groups excluding tert-OH is 1. The number of rotatable bonds is 2. The van der Waals surface area contributed by atoms with Gasteiger partial charge < -0.3 is 5.11 Å². The van der Waals surface area contributed by atoms with Crippen molar-refractivity contribution in [3.63, 3.8) is 0 Å². The highest BCUT2D eigenvalue weighted by Crippen LogP contribution is 2.34. The van der Waals surface area contributed by atoms with Gasteiger partial charge in [-0.15, -0.1) is 0 Å². The lowest BCUT2D eigenvalue weighted by Gasteiger charge is -2.15. The van der Waals surface area contributed by atoms with Gasteiger partial charge in [-0.1, -0.05) is 45.2 Å². The highest BCUT2D eigenvalue weighted by molar-refractivity contribution is 9.10. The van der Waals surface area contributed by atoms with E-state index < -0.39 is 11.9 Å². The Morgan fingerprint density at radius 1 is 1.11 bits per heavy atom.